The molecule has 1 atom stereocenters. The molecule has 1 N–H and O–H groups in total. The van der Waals surface area contributed by atoms with Crippen LogP contribution in [-0.4, -0.2) is 24.1 Å². The third-order valence-corrected chi connectivity index (χ3v) is 3.89. The van der Waals surface area contributed by atoms with Gasteiger partial charge in [0, 0.05) is 11.8 Å². The van der Waals surface area contributed by atoms with E-state index in [0.29, 0.717) is 11.5 Å². The predicted molar refractivity (Wildman–Crippen MR) is 73.7 cm³/mol. The van der Waals surface area contributed by atoms with Crippen molar-refractivity contribution in [3.05, 3.63) is 0 Å². The van der Waals surface area contributed by atoms with E-state index in [0.717, 1.165) is 12.5 Å². The van der Waals surface area contributed by atoms with Gasteiger partial charge in [-0.2, -0.15) is 11.8 Å². The third kappa shape index (κ3) is 8.15. The van der Waals surface area contributed by atoms with Gasteiger partial charge < -0.3 is 5.32 Å². The smallest absolute Gasteiger partial charge is 0.0206 e. The summed E-state index contributed by atoms with van der Waals surface area (Å²) in [7, 11) is 0. The summed E-state index contributed by atoms with van der Waals surface area (Å²) in [6.07, 6.45) is 1.22. The molecule has 0 spiro atoms. The minimum Gasteiger partial charge on any atom is -0.313 e. The normalized spacial score (nSPS) is 14.6. The van der Waals surface area contributed by atoms with Crippen LogP contribution in [0.25, 0.3) is 0 Å². The van der Waals surface area contributed by atoms with Gasteiger partial charge in [-0.3, -0.25) is 0 Å². The van der Waals surface area contributed by atoms with Gasteiger partial charge in [0.15, 0.2) is 0 Å². The zero-order valence-electron chi connectivity index (χ0n) is 11.4. The summed E-state index contributed by atoms with van der Waals surface area (Å²) in [4.78, 5) is 0. The standard InChI is InChI=1S/C13H29NS/c1-7-8-14-12(13(4,5)6)10-15-9-11(2)3/h11-12,14H,7-10H2,1-6H3. The van der Waals surface area contributed by atoms with Gasteiger partial charge in [-0.15, -0.1) is 0 Å². The average Bonchev–Trinajstić information content (AvgIpc) is 2.08. The van der Waals surface area contributed by atoms with E-state index in [1.807, 2.05) is 0 Å². The minimum absolute atomic E-state index is 0.374. The molecule has 0 fully saturated rings. The van der Waals surface area contributed by atoms with Crippen LogP contribution in [-0.2, 0) is 0 Å². The second-order valence-electron chi connectivity index (χ2n) is 5.80. The van der Waals surface area contributed by atoms with E-state index in [2.05, 4.69) is 58.6 Å². The lowest BCUT2D eigenvalue weighted by atomic mass is 9.88. The Balaban J connectivity index is 3.91. The molecule has 1 nitrogen and oxygen atoms in total. The van der Waals surface area contributed by atoms with Crippen LogP contribution in [0.1, 0.15) is 48.0 Å². The van der Waals surface area contributed by atoms with Crippen molar-refractivity contribution in [2.75, 3.05) is 18.1 Å². The van der Waals surface area contributed by atoms with Crippen LogP contribution in [0.4, 0.5) is 0 Å². The van der Waals surface area contributed by atoms with Crippen molar-refractivity contribution >= 4 is 11.8 Å². The largest absolute Gasteiger partial charge is 0.313 e. The second kappa shape index (κ2) is 7.56. The van der Waals surface area contributed by atoms with Crippen molar-refractivity contribution in [2.24, 2.45) is 11.3 Å². The molecule has 0 aliphatic rings. The first-order valence-corrected chi connectivity index (χ1v) is 7.34. The van der Waals surface area contributed by atoms with Gasteiger partial charge in [-0.1, -0.05) is 41.5 Å². The van der Waals surface area contributed by atoms with Gasteiger partial charge in [0.1, 0.15) is 0 Å². The molecule has 0 radical (unpaired) electrons. The number of hydrogen-bond donors (Lipinski definition) is 1. The van der Waals surface area contributed by atoms with Gasteiger partial charge >= 0.3 is 0 Å². The predicted octanol–water partition coefficient (Wildman–Crippen LogP) is 3.79. The van der Waals surface area contributed by atoms with Crippen molar-refractivity contribution < 1.29 is 0 Å². The fourth-order valence-electron chi connectivity index (χ4n) is 1.36. The van der Waals surface area contributed by atoms with Gasteiger partial charge in [-0.05, 0) is 30.1 Å². The molecule has 0 amide bonds. The van der Waals surface area contributed by atoms with Crippen LogP contribution < -0.4 is 5.32 Å². The molecule has 0 aromatic carbocycles. The Hall–Kier alpha value is 0.310. The van der Waals surface area contributed by atoms with Crippen molar-refractivity contribution in [1.29, 1.82) is 0 Å². The maximum atomic E-state index is 3.66. The van der Waals surface area contributed by atoms with Crippen LogP contribution in [0.3, 0.4) is 0 Å². The maximum absolute atomic E-state index is 3.66. The molecule has 0 aromatic heterocycles. The van der Waals surface area contributed by atoms with Crippen molar-refractivity contribution in [3.63, 3.8) is 0 Å². The summed E-state index contributed by atoms with van der Waals surface area (Å²) in [5, 5.41) is 3.66. The first-order chi connectivity index (χ1) is 6.88. The highest BCUT2D eigenvalue weighted by atomic mass is 32.2. The van der Waals surface area contributed by atoms with E-state index in [-0.39, 0.29) is 0 Å². The monoisotopic (exact) mass is 231 g/mol. The molecule has 0 aromatic rings. The second-order valence-corrected chi connectivity index (χ2v) is 6.88. The van der Waals surface area contributed by atoms with E-state index < -0.39 is 0 Å². The van der Waals surface area contributed by atoms with Gasteiger partial charge in [0.05, 0.1) is 0 Å². The highest BCUT2D eigenvalue weighted by molar-refractivity contribution is 7.99. The summed E-state index contributed by atoms with van der Waals surface area (Å²) in [5.41, 5.74) is 0.374. The number of hydrogen-bond acceptors (Lipinski definition) is 2. The Kier molecular flexibility index (Phi) is 7.72. The molecule has 0 aliphatic heterocycles. The zero-order valence-corrected chi connectivity index (χ0v) is 12.2. The fraction of sp³-hybridized carbons (Fsp3) is 1.00. The quantitative estimate of drug-likeness (QED) is 0.715. The van der Waals surface area contributed by atoms with Gasteiger partial charge in [0.25, 0.3) is 0 Å². The van der Waals surface area contributed by atoms with E-state index >= 15 is 0 Å². The lowest BCUT2D eigenvalue weighted by Gasteiger charge is -2.31. The van der Waals surface area contributed by atoms with Crippen LogP contribution >= 0.6 is 11.8 Å². The molecule has 1 unspecified atom stereocenters. The first-order valence-electron chi connectivity index (χ1n) is 6.19. The Bertz CT molecular complexity index is 149. The van der Waals surface area contributed by atoms with Crippen molar-refractivity contribution in [1.82, 2.24) is 5.32 Å². The topological polar surface area (TPSA) is 12.0 Å². The molecular weight excluding hydrogens is 202 g/mol. The molecule has 2 heteroatoms. The SMILES string of the molecule is CCCNC(CSCC(C)C)C(C)(C)C. The van der Waals surface area contributed by atoms with Crippen LogP contribution in [0.15, 0.2) is 0 Å². The highest BCUT2D eigenvalue weighted by Gasteiger charge is 2.23. The Labute approximate surface area is 101 Å². The maximum Gasteiger partial charge on any atom is 0.0206 e. The first kappa shape index (κ1) is 15.3. The molecule has 0 aliphatic carbocycles. The minimum atomic E-state index is 0.374. The molecule has 0 rings (SSSR count). The van der Waals surface area contributed by atoms with E-state index in [1.54, 1.807) is 0 Å². The summed E-state index contributed by atoms with van der Waals surface area (Å²) in [6.45, 7) is 14.9. The summed E-state index contributed by atoms with van der Waals surface area (Å²) < 4.78 is 0. The van der Waals surface area contributed by atoms with E-state index in [9.17, 15) is 0 Å². The summed E-state index contributed by atoms with van der Waals surface area (Å²) >= 11 is 2.08. The molecule has 0 heterocycles. The van der Waals surface area contributed by atoms with Gasteiger partial charge in [-0.25, -0.2) is 0 Å². The Morgan fingerprint density at radius 2 is 1.73 bits per heavy atom. The lowest BCUT2D eigenvalue weighted by molar-refractivity contribution is 0.291. The number of rotatable bonds is 7. The lowest BCUT2D eigenvalue weighted by Crippen LogP contribution is -2.42. The Morgan fingerprint density at radius 1 is 1.13 bits per heavy atom. The summed E-state index contributed by atoms with van der Waals surface area (Å²) in [6, 6.07) is 0.640. The van der Waals surface area contributed by atoms with Gasteiger partial charge in [0.2, 0.25) is 0 Å². The Morgan fingerprint density at radius 3 is 2.13 bits per heavy atom. The molecular formula is C13H29NS. The molecule has 92 valence electrons. The average molecular weight is 231 g/mol. The number of nitrogens with one attached hydrogen (secondary N) is 1. The van der Waals surface area contributed by atoms with E-state index in [1.165, 1.54) is 17.9 Å². The van der Waals surface area contributed by atoms with Crippen molar-refractivity contribution in [2.45, 2.75) is 54.0 Å². The van der Waals surface area contributed by atoms with E-state index in [4.69, 9.17) is 0 Å². The molecule has 0 bridgehead atoms. The molecule has 0 saturated heterocycles. The molecule has 0 saturated carbocycles. The van der Waals surface area contributed by atoms with Crippen molar-refractivity contribution in [3.8, 4) is 0 Å². The highest BCUT2D eigenvalue weighted by Crippen LogP contribution is 2.23. The zero-order chi connectivity index (χ0) is 11.9. The fourth-order valence-corrected chi connectivity index (χ4v) is 2.82. The van der Waals surface area contributed by atoms with Crippen LogP contribution in [0.2, 0.25) is 0 Å². The third-order valence-electron chi connectivity index (χ3n) is 2.42. The summed E-state index contributed by atoms with van der Waals surface area (Å²) in [5.74, 6) is 3.32. The molecule has 15 heavy (non-hydrogen) atoms. The number of thioether (sulfide) groups is 1. The van der Waals surface area contributed by atoms with Crippen LogP contribution in [0.5, 0.6) is 0 Å². The van der Waals surface area contributed by atoms with Crippen LogP contribution in [0, 0.1) is 11.3 Å².